The van der Waals surface area contributed by atoms with Crippen molar-refractivity contribution in [2.75, 3.05) is 13.7 Å². The maximum atomic E-state index is 12.6. The molecule has 2 rings (SSSR count). The van der Waals surface area contributed by atoms with E-state index in [1.165, 1.54) is 12.0 Å². The lowest BCUT2D eigenvalue weighted by Gasteiger charge is -2.39. The number of aliphatic hydroxyl groups is 1. The molecule has 2 fully saturated rings. The van der Waals surface area contributed by atoms with Crippen LogP contribution in [0.3, 0.4) is 0 Å². The fraction of sp³-hybridized carbons (Fsp3) is 0.846. The first kappa shape index (κ1) is 16.0. The third-order valence-corrected chi connectivity index (χ3v) is 5.95. The summed E-state index contributed by atoms with van der Waals surface area (Å²) in [5.41, 5.74) is -1.85. The van der Waals surface area contributed by atoms with E-state index in [9.17, 15) is 14.7 Å². The quantitative estimate of drug-likeness (QED) is 0.404. The van der Waals surface area contributed by atoms with Crippen molar-refractivity contribution in [1.29, 1.82) is 0 Å². The van der Waals surface area contributed by atoms with Crippen LogP contribution >= 0.6 is 22.6 Å². The van der Waals surface area contributed by atoms with Crippen LogP contribution in [0.1, 0.15) is 27.7 Å². The lowest BCUT2D eigenvalue weighted by atomic mass is 9.89. The van der Waals surface area contributed by atoms with Gasteiger partial charge in [-0.3, -0.25) is 9.69 Å². The van der Waals surface area contributed by atoms with Crippen LogP contribution in [0.2, 0.25) is 0 Å². The second-order valence-electron chi connectivity index (χ2n) is 6.48. The summed E-state index contributed by atoms with van der Waals surface area (Å²) in [4.78, 5) is 26.3. The topological polar surface area (TPSA) is 76.1 Å². The monoisotopic (exact) mass is 397 g/mol. The third kappa shape index (κ3) is 1.75. The zero-order valence-corrected chi connectivity index (χ0v) is 14.4. The molecule has 0 spiro atoms. The van der Waals surface area contributed by atoms with Gasteiger partial charge in [-0.2, -0.15) is 0 Å². The fourth-order valence-corrected chi connectivity index (χ4v) is 3.86. The van der Waals surface area contributed by atoms with Crippen LogP contribution in [-0.4, -0.2) is 51.0 Å². The van der Waals surface area contributed by atoms with E-state index >= 15 is 0 Å². The van der Waals surface area contributed by atoms with Crippen molar-refractivity contribution < 1.29 is 24.2 Å². The summed E-state index contributed by atoms with van der Waals surface area (Å²) in [6.45, 7) is 7.34. The highest BCUT2D eigenvalue weighted by atomic mass is 127. The Bertz CT molecular complexity index is 458. The van der Waals surface area contributed by atoms with Crippen LogP contribution in [0.15, 0.2) is 0 Å². The Balaban J connectivity index is 2.60. The van der Waals surface area contributed by atoms with E-state index in [-0.39, 0.29) is 17.9 Å². The summed E-state index contributed by atoms with van der Waals surface area (Å²) in [6.07, 6.45) is -0.569. The zero-order chi connectivity index (χ0) is 15.5. The van der Waals surface area contributed by atoms with Crippen LogP contribution in [0.5, 0.6) is 0 Å². The predicted octanol–water partition coefficient (Wildman–Crippen LogP) is 0.902. The van der Waals surface area contributed by atoms with Gasteiger partial charge in [0.25, 0.3) is 0 Å². The summed E-state index contributed by atoms with van der Waals surface area (Å²) < 4.78 is 9.00. The second kappa shape index (κ2) is 4.54. The fourth-order valence-electron chi connectivity index (χ4n) is 2.95. The maximum absolute atomic E-state index is 12.6. The molecule has 4 atom stereocenters. The zero-order valence-electron chi connectivity index (χ0n) is 12.3. The largest absolute Gasteiger partial charge is 0.467 e. The summed E-state index contributed by atoms with van der Waals surface area (Å²) in [5.74, 6) is -1.63. The molecule has 20 heavy (non-hydrogen) atoms. The number of fused-ring (bicyclic) bond motifs is 1. The summed E-state index contributed by atoms with van der Waals surface area (Å²) in [6, 6.07) is 0. The van der Waals surface area contributed by atoms with Crippen molar-refractivity contribution in [3.05, 3.63) is 0 Å². The molecule has 2 aliphatic heterocycles. The van der Waals surface area contributed by atoms with Gasteiger partial charge in [0, 0.05) is 5.41 Å². The molecule has 0 unspecified atom stereocenters. The van der Waals surface area contributed by atoms with Gasteiger partial charge < -0.3 is 14.6 Å². The highest BCUT2D eigenvalue weighted by molar-refractivity contribution is 14.1. The molecule has 1 amide bonds. The van der Waals surface area contributed by atoms with Crippen LogP contribution < -0.4 is 0 Å². The number of ether oxygens (including phenoxy) is 2. The average molecular weight is 397 g/mol. The van der Waals surface area contributed by atoms with Crippen molar-refractivity contribution in [1.82, 2.24) is 4.90 Å². The van der Waals surface area contributed by atoms with Gasteiger partial charge in [-0.15, -0.1) is 0 Å². The molecule has 114 valence electrons. The van der Waals surface area contributed by atoms with Crippen molar-refractivity contribution in [2.24, 2.45) is 11.3 Å². The molecule has 2 aliphatic rings. The Morgan fingerprint density at radius 3 is 2.55 bits per heavy atom. The number of esters is 1. The Morgan fingerprint density at radius 1 is 1.55 bits per heavy atom. The summed E-state index contributed by atoms with van der Waals surface area (Å²) >= 11 is 1.77. The molecule has 0 aliphatic carbocycles. The lowest BCUT2D eigenvalue weighted by molar-refractivity contribution is -0.162. The molecule has 7 heteroatoms. The number of rotatable bonds is 1. The minimum atomic E-state index is -1.56. The highest BCUT2D eigenvalue weighted by Gasteiger charge is 2.75. The Kier molecular flexibility index (Phi) is 3.63. The van der Waals surface area contributed by atoms with Crippen molar-refractivity contribution in [3.63, 3.8) is 0 Å². The molecule has 0 aromatic carbocycles. The van der Waals surface area contributed by atoms with Gasteiger partial charge in [0.1, 0.15) is 6.23 Å². The van der Waals surface area contributed by atoms with Crippen LogP contribution in [0.25, 0.3) is 0 Å². The number of carbonyl (C=O) groups is 2. The van der Waals surface area contributed by atoms with Crippen LogP contribution in [0, 0.1) is 11.3 Å². The number of halogens is 1. The molecule has 0 bridgehead atoms. The molecular formula is C13H20INO5. The molecule has 2 saturated heterocycles. The molecule has 0 aromatic rings. The van der Waals surface area contributed by atoms with E-state index in [1.807, 2.05) is 20.8 Å². The summed E-state index contributed by atoms with van der Waals surface area (Å²) in [7, 11) is 1.25. The number of carbonyl (C=O) groups excluding carboxylic acids is 2. The normalized spacial score (nSPS) is 41.0. The number of nitrogens with zero attached hydrogens (tertiary/aromatic N) is 1. The van der Waals surface area contributed by atoms with Crippen molar-refractivity contribution in [2.45, 2.75) is 43.1 Å². The third-order valence-electron chi connectivity index (χ3n) is 4.12. The number of hydrogen-bond acceptors (Lipinski definition) is 5. The predicted molar refractivity (Wildman–Crippen MR) is 78.9 cm³/mol. The van der Waals surface area contributed by atoms with Gasteiger partial charge in [0.2, 0.25) is 11.4 Å². The van der Waals surface area contributed by atoms with Gasteiger partial charge in [-0.25, -0.2) is 4.79 Å². The number of amides is 1. The first-order chi connectivity index (χ1) is 9.01. The van der Waals surface area contributed by atoms with E-state index in [2.05, 4.69) is 0 Å². The SMILES string of the molecule is COC(=O)[C@@]12CO[C@@H](C(C)(C)C)N1C(=O)[C@H](C)[C@@]2(O)I. The molecule has 0 saturated carbocycles. The van der Waals surface area contributed by atoms with Gasteiger partial charge in [-0.1, -0.05) is 20.8 Å². The minimum Gasteiger partial charge on any atom is -0.467 e. The molecular weight excluding hydrogens is 377 g/mol. The smallest absolute Gasteiger partial charge is 0.338 e. The molecule has 2 heterocycles. The van der Waals surface area contributed by atoms with E-state index in [0.29, 0.717) is 0 Å². The average Bonchev–Trinajstić information content (AvgIpc) is 2.82. The molecule has 6 nitrogen and oxygen atoms in total. The number of methoxy groups -OCH3 is 1. The van der Waals surface area contributed by atoms with Crippen molar-refractivity contribution >= 4 is 34.5 Å². The Morgan fingerprint density at radius 2 is 2.10 bits per heavy atom. The van der Waals surface area contributed by atoms with E-state index in [4.69, 9.17) is 9.47 Å². The number of hydrogen-bond donors (Lipinski definition) is 1. The minimum absolute atomic E-state index is 0.0584. The first-order valence-corrected chi connectivity index (χ1v) is 7.54. The van der Waals surface area contributed by atoms with E-state index in [0.717, 1.165) is 0 Å². The summed E-state index contributed by atoms with van der Waals surface area (Å²) in [5, 5.41) is 10.8. The van der Waals surface area contributed by atoms with E-state index < -0.39 is 27.3 Å². The van der Waals surface area contributed by atoms with Gasteiger partial charge in [0.05, 0.1) is 19.6 Å². The lowest BCUT2D eigenvalue weighted by Crippen LogP contribution is -2.63. The van der Waals surface area contributed by atoms with Crippen LogP contribution in [0.4, 0.5) is 0 Å². The Labute approximate surface area is 131 Å². The second-order valence-corrected chi connectivity index (χ2v) is 8.13. The molecule has 1 N–H and O–H groups in total. The van der Waals surface area contributed by atoms with Gasteiger partial charge in [0.15, 0.2) is 3.61 Å². The van der Waals surface area contributed by atoms with Crippen LogP contribution in [-0.2, 0) is 19.1 Å². The van der Waals surface area contributed by atoms with Gasteiger partial charge >= 0.3 is 5.97 Å². The Hall–Kier alpha value is -0.410. The van der Waals surface area contributed by atoms with Gasteiger partial charge in [-0.05, 0) is 29.5 Å². The first-order valence-electron chi connectivity index (χ1n) is 6.46. The number of alkyl halides is 1. The van der Waals surface area contributed by atoms with E-state index in [1.54, 1.807) is 29.5 Å². The standard InChI is InChI=1S/C13H20INO5/c1-7-8(16)15-9(11(2,3)4)20-6-12(15,10(17)19-5)13(7,14)18/h7,9,18H,6H2,1-5H3/t7-,9-,12+,13-/m0/s1. The highest BCUT2D eigenvalue weighted by Crippen LogP contribution is 2.54. The molecule has 0 aromatic heterocycles. The maximum Gasteiger partial charge on any atom is 0.338 e. The van der Waals surface area contributed by atoms with Crippen molar-refractivity contribution in [3.8, 4) is 0 Å². The molecule has 0 radical (unpaired) electrons.